The van der Waals surface area contributed by atoms with E-state index in [9.17, 15) is 30.6 Å². The van der Waals surface area contributed by atoms with E-state index in [1.165, 1.54) is 44.1 Å². The molecule has 1 aliphatic heterocycles. The van der Waals surface area contributed by atoms with Crippen molar-refractivity contribution in [2.24, 2.45) is 109 Å². The number of hydrogen-bond acceptors (Lipinski definition) is 13. The van der Waals surface area contributed by atoms with E-state index < -0.39 is 75.3 Å². The Kier molecular flexibility index (Phi) is 14.7. The predicted octanol–water partition coefficient (Wildman–Crippen LogP) is 7.48. The van der Waals surface area contributed by atoms with Crippen molar-refractivity contribution in [2.75, 3.05) is 39.1 Å². The highest BCUT2D eigenvalue weighted by Gasteiger charge is 2.81. The second kappa shape index (κ2) is 20.7. The van der Waals surface area contributed by atoms with Crippen LogP contribution in [0.1, 0.15) is 156 Å². The Bertz CT molecular complexity index is 2670. The van der Waals surface area contributed by atoms with Crippen LogP contribution in [0.15, 0.2) is 57.7 Å². The number of nitrogens with one attached hydrogen (secondary N) is 2. The quantitative estimate of drug-likeness (QED) is 0.0379. The molecule has 9 fully saturated rings. The molecule has 13 rings (SSSR count). The molecule has 1 aromatic heterocycles. The molecule has 1 saturated heterocycles. The van der Waals surface area contributed by atoms with E-state index in [0.717, 1.165) is 63.5 Å². The topological polar surface area (TPSA) is 239 Å². The molecule has 442 valence electrons. The van der Waals surface area contributed by atoms with Crippen molar-refractivity contribution < 1.29 is 40.5 Å². The number of imidazole rings is 1. The van der Waals surface area contributed by atoms with Crippen LogP contribution in [-0.4, -0.2) is 131 Å². The Balaban J connectivity index is 1.10. The lowest BCUT2D eigenvalue weighted by Gasteiger charge is -2.68. The van der Waals surface area contributed by atoms with Gasteiger partial charge in [0.2, 0.25) is 0 Å². The number of aliphatic hydroxyl groups excluding tert-OH is 6. The Morgan fingerprint density at radius 3 is 2.44 bits per heavy atom. The second-order valence-electron chi connectivity index (χ2n) is 29.4. The molecule has 14 nitrogen and oxygen atoms in total. The molecule has 11 N–H and O–H groups in total. The molecule has 4 bridgehead atoms. The van der Waals surface area contributed by atoms with Gasteiger partial charge in [0.25, 0.3) is 0 Å². The standard InChI is InChI=1S/C64H96N6O8S2/c1-34(73)69-58(65)68-30-41-43-16-15-38-37-12-8-13-39-49(37)51-55(40-14-10-20-61(52(39)40)18-6-7-19-61)59(2,3)27-36(70-23-22-67-33-70)31-79-80-63(21-9-11-35(63)17-24-71)48-26-44(50(38)57(51)77)62(43,32-72)64(48,78)45-25-46(74)54-42(29-66-5)56(76)47(75)28-60(54,4)53(41)45/h22-23,25,33-38,41-44,47-48,50-54,56-57,66,71-73,75-78H,6-21,24,26-32H2,1-5H3,(H3,65,68,69). The van der Waals surface area contributed by atoms with Gasteiger partial charge in [-0.3, -0.25) is 9.79 Å². The van der Waals surface area contributed by atoms with Gasteiger partial charge in [0.1, 0.15) is 6.23 Å². The summed E-state index contributed by atoms with van der Waals surface area (Å²) in [6, 6.07) is 0.0737. The molecule has 1 aromatic rings. The molecule has 2 spiro atoms. The third-order valence-electron chi connectivity index (χ3n) is 25.8. The van der Waals surface area contributed by atoms with Gasteiger partial charge in [-0.1, -0.05) is 83.9 Å². The lowest BCUT2D eigenvalue weighted by atomic mass is 9.38. The van der Waals surface area contributed by atoms with Gasteiger partial charge in [0.15, 0.2) is 11.7 Å². The van der Waals surface area contributed by atoms with E-state index in [1.54, 1.807) is 29.7 Å². The van der Waals surface area contributed by atoms with E-state index in [2.05, 4.69) is 47.2 Å². The number of ketones is 1. The molecule has 8 saturated carbocycles. The maximum Gasteiger partial charge on any atom is 0.190 e. The zero-order valence-corrected chi connectivity index (χ0v) is 50.1. The normalized spacial score (nSPS) is 47.6. The molecular weight excluding hydrogens is 1040 g/mol. The van der Waals surface area contributed by atoms with E-state index in [-0.39, 0.29) is 96.2 Å². The van der Waals surface area contributed by atoms with Gasteiger partial charge in [-0.2, -0.15) is 0 Å². The van der Waals surface area contributed by atoms with Gasteiger partial charge in [0.05, 0.1) is 36.8 Å². The first kappa shape index (κ1) is 56.9. The molecule has 0 aromatic carbocycles. The zero-order chi connectivity index (χ0) is 56.1. The smallest absolute Gasteiger partial charge is 0.190 e. The molecule has 22 atom stereocenters. The minimum absolute atomic E-state index is 0.00833. The molecule has 80 heavy (non-hydrogen) atoms. The van der Waals surface area contributed by atoms with Crippen molar-refractivity contribution in [2.45, 2.75) is 191 Å². The molecule has 11 aliphatic carbocycles. The van der Waals surface area contributed by atoms with Crippen LogP contribution in [-0.2, 0) is 4.79 Å². The fourth-order valence-corrected chi connectivity index (χ4v) is 27.8. The van der Waals surface area contributed by atoms with Crippen LogP contribution < -0.4 is 16.4 Å². The van der Waals surface area contributed by atoms with Gasteiger partial charge >= 0.3 is 0 Å². The number of nitrogens with zero attached hydrogens (tertiary/aromatic N) is 3. The average molecular weight is 1140 g/mol. The van der Waals surface area contributed by atoms with E-state index in [0.29, 0.717) is 37.3 Å². The molecule has 22 unspecified atom stereocenters. The molecular formula is C64H96N6O8S2. The Morgan fingerprint density at radius 2 is 1.71 bits per heavy atom. The van der Waals surface area contributed by atoms with Crippen molar-refractivity contribution in [1.29, 1.82) is 0 Å². The number of aliphatic imine (C=N–C) groups is 1. The van der Waals surface area contributed by atoms with Gasteiger partial charge in [-0.05, 0) is 192 Å². The van der Waals surface area contributed by atoms with E-state index in [4.69, 9.17) is 10.7 Å². The van der Waals surface area contributed by atoms with Gasteiger partial charge in [-0.25, -0.2) is 4.98 Å². The van der Waals surface area contributed by atoms with Crippen LogP contribution in [0.2, 0.25) is 0 Å². The maximum absolute atomic E-state index is 15.8. The summed E-state index contributed by atoms with van der Waals surface area (Å²) in [5, 5.41) is 95.7. The third-order valence-corrected chi connectivity index (χ3v) is 29.2. The monoisotopic (exact) mass is 1140 g/mol. The average Bonchev–Trinajstić information content (AvgIpc) is 1.55. The highest BCUT2D eigenvalue weighted by atomic mass is 33.1. The number of nitrogens with two attached hydrogens (primary N) is 1. The van der Waals surface area contributed by atoms with Crippen LogP contribution in [0, 0.1) is 98.6 Å². The van der Waals surface area contributed by atoms with Crippen molar-refractivity contribution in [3.63, 3.8) is 0 Å². The number of carbonyl (C=O) groups is 1. The lowest BCUT2D eigenvalue weighted by molar-refractivity contribution is -0.219. The number of allylic oxidation sites excluding steroid dienone is 3. The summed E-state index contributed by atoms with van der Waals surface area (Å²) in [5.74, 6) is -2.39. The summed E-state index contributed by atoms with van der Waals surface area (Å²) in [6.07, 6.45) is 21.9. The van der Waals surface area contributed by atoms with Crippen LogP contribution in [0.3, 0.4) is 0 Å². The van der Waals surface area contributed by atoms with E-state index >= 15 is 9.90 Å². The highest BCUT2D eigenvalue weighted by Crippen LogP contribution is 2.81. The number of aliphatic hydroxyl groups is 7. The molecule has 0 amide bonds. The van der Waals surface area contributed by atoms with Crippen molar-refractivity contribution in [3.05, 3.63) is 52.7 Å². The van der Waals surface area contributed by atoms with Gasteiger partial charge in [-0.15, -0.1) is 0 Å². The Morgan fingerprint density at radius 1 is 0.938 bits per heavy atom. The van der Waals surface area contributed by atoms with Crippen LogP contribution in [0.25, 0.3) is 0 Å². The number of hydrogen-bond donors (Lipinski definition) is 10. The first-order chi connectivity index (χ1) is 38.4. The first-order valence-corrected chi connectivity index (χ1v) is 34.1. The minimum Gasteiger partial charge on any atom is -0.396 e. The van der Waals surface area contributed by atoms with Crippen LogP contribution in [0.4, 0.5) is 0 Å². The van der Waals surface area contributed by atoms with E-state index in [1.807, 2.05) is 41.2 Å². The summed E-state index contributed by atoms with van der Waals surface area (Å²) >= 11 is 0. The summed E-state index contributed by atoms with van der Waals surface area (Å²) in [5.41, 5.74) is 9.68. The molecule has 2 heterocycles. The van der Waals surface area contributed by atoms with Crippen molar-refractivity contribution in [3.8, 4) is 0 Å². The largest absolute Gasteiger partial charge is 0.396 e. The number of rotatable bonds is 9. The highest BCUT2D eigenvalue weighted by molar-refractivity contribution is 8.77. The summed E-state index contributed by atoms with van der Waals surface area (Å²) in [7, 11) is 5.63. The third kappa shape index (κ3) is 7.95. The maximum atomic E-state index is 15.8. The molecule has 12 aliphatic rings. The SMILES string of the molecule is CNCC1C(O)C(O)CC2(C)C1C(=O)C=C1C2C(CN=C(N)NC(C)O)C2CCC3C4CCCC5=C4C4C(=C6CCCC7(CCCC7)C56)C(C)(C)CC(n5ccnc5)CSSC5(CCCC5CCO)C5CC(C3C4O)C2(CO)C15O. The first-order valence-electron chi connectivity index (χ1n) is 31.7. The fraction of sp³-hybridized carbons (Fsp3) is 0.828. The molecule has 16 heteroatoms. The second-order valence-corrected chi connectivity index (χ2v) is 32.1. The van der Waals surface area contributed by atoms with Gasteiger partial charge in [0, 0.05) is 83.6 Å². The summed E-state index contributed by atoms with van der Waals surface area (Å²) in [4.78, 5) is 25.6. The Hall–Kier alpha value is -2.25. The number of carbonyl (C=O) groups excluding carboxylic acids is 1. The zero-order valence-electron chi connectivity index (χ0n) is 48.4. The van der Waals surface area contributed by atoms with Crippen molar-refractivity contribution in [1.82, 2.24) is 20.2 Å². The lowest BCUT2D eigenvalue weighted by Crippen LogP contribution is -2.72. The Labute approximate surface area is 483 Å². The molecule has 0 radical (unpaired) electrons. The summed E-state index contributed by atoms with van der Waals surface area (Å²) in [6.45, 7) is 8.90. The van der Waals surface area contributed by atoms with Gasteiger partial charge < -0.3 is 56.7 Å². The van der Waals surface area contributed by atoms with Crippen LogP contribution >= 0.6 is 21.6 Å². The minimum atomic E-state index is -1.76. The number of fused-ring (bicyclic) bond motifs is 11. The number of guanidine groups is 1. The predicted molar refractivity (Wildman–Crippen MR) is 313 cm³/mol. The fourth-order valence-electron chi connectivity index (χ4n) is 23.7. The van der Waals surface area contributed by atoms with Crippen LogP contribution in [0.5, 0.6) is 0 Å². The summed E-state index contributed by atoms with van der Waals surface area (Å²) < 4.78 is 1.73. The van der Waals surface area contributed by atoms with Crippen molar-refractivity contribution >= 4 is 33.3 Å². The number of aromatic nitrogens is 2.